The number of unbranched alkanes of at least 4 members (excludes halogenated alkanes) is 1. The predicted octanol–water partition coefficient (Wildman–Crippen LogP) is 3.90. The average molecular weight is 422 g/mol. The number of fused-ring (bicyclic) bond motifs is 1. The summed E-state index contributed by atoms with van der Waals surface area (Å²) in [4.78, 5) is 17.7. The highest BCUT2D eigenvalue weighted by Gasteiger charge is 2.25. The van der Waals surface area contributed by atoms with Crippen LogP contribution in [0.5, 0.6) is 5.75 Å². The van der Waals surface area contributed by atoms with E-state index in [1.54, 1.807) is 0 Å². The van der Waals surface area contributed by atoms with Gasteiger partial charge >= 0.3 is 0 Å². The minimum absolute atomic E-state index is 0.00522. The summed E-state index contributed by atoms with van der Waals surface area (Å²) in [6.07, 6.45) is 5.07. The van der Waals surface area contributed by atoms with Crippen molar-refractivity contribution in [1.82, 2.24) is 10.2 Å². The van der Waals surface area contributed by atoms with E-state index in [1.165, 1.54) is 16.8 Å². The van der Waals surface area contributed by atoms with E-state index in [2.05, 4.69) is 47.3 Å². The van der Waals surface area contributed by atoms with Crippen LogP contribution >= 0.6 is 0 Å². The molecule has 4 rings (SSSR count). The SMILES string of the molecule is CCCCOc1ccc(C(=O)N[C@@H]2CCc3cccc(N4CCN(C)CC4)c3C2)cc1. The fraction of sp³-hybridized carbons (Fsp3) is 0.500. The molecule has 31 heavy (non-hydrogen) atoms. The summed E-state index contributed by atoms with van der Waals surface area (Å²) in [5, 5.41) is 3.28. The molecular formula is C26H35N3O2. The number of nitrogens with one attached hydrogen (secondary N) is 1. The molecule has 2 aromatic carbocycles. The van der Waals surface area contributed by atoms with E-state index >= 15 is 0 Å². The third-order valence-corrected chi connectivity index (χ3v) is 6.52. The number of aryl methyl sites for hydroxylation is 1. The van der Waals surface area contributed by atoms with E-state index < -0.39 is 0 Å². The standard InChI is InChI=1S/C26H35N3O2/c1-3-4-18-31-23-12-9-21(10-13-23)26(30)27-22-11-8-20-6-5-7-25(24(20)19-22)29-16-14-28(2)15-17-29/h5-7,9-10,12-13,22H,3-4,8,11,14-19H2,1-2H3,(H,27,30)/t22-/m1/s1. The van der Waals surface area contributed by atoms with E-state index in [-0.39, 0.29) is 11.9 Å². The Morgan fingerprint density at radius 1 is 1.10 bits per heavy atom. The molecule has 2 aliphatic rings. The molecule has 166 valence electrons. The Morgan fingerprint density at radius 2 is 1.87 bits per heavy atom. The van der Waals surface area contributed by atoms with Gasteiger partial charge in [-0.25, -0.2) is 0 Å². The number of carbonyl (C=O) groups excluding carboxylic acids is 1. The molecule has 1 aliphatic carbocycles. The molecule has 1 aliphatic heterocycles. The zero-order chi connectivity index (χ0) is 21.6. The number of rotatable bonds is 7. The molecular weight excluding hydrogens is 386 g/mol. The Kier molecular flexibility index (Phi) is 7.13. The highest BCUT2D eigenvalue weighted by Crippen LogP contribution is 2.31. The van der Waals surface area contributed by atoms with Crippen LogP contribution in [0.4, 0.5) is 5.69 Å². The quantitative estimate of drug-likeness (QED) is 0.689. The fourth-order valence-corrected chi connectivity index (χ4v) is 4.54. The number of anilines is 1. The van der Waals surface area contributed by atoms with E-state index in [0.29, 0.717) is 5.56 Å². The topological polar surface area (TPSA) is 44.8 Å². The van der Waals surface area contributed by atoms with Gasteiger partial charge in [-0.15, -0.1) is 0 Å². The zero-order valence-corrected chi connectivity index (χ0v) is 18.9. The molecule has 1 fully saturated rings. The lowest BCUT2D eigenvalue weighted by molar-refractivity contribution is 0.0933. The first-order chi connectivity index (χ1) is 15.1. The number of hydrogen-bond donors (Lipinski definition) is 1. The normalized spacial score (nSPS) is 19.0. The van der Waals surface area contributed by atoms with Crippen LogP contribution in [0.25, 0.3) is 0 Å². The minimum Gasteiger partial charge on any atom is -0.494 e. The lowest BCUT2D eigenvalue weighted by Crippen LogP contribution is -2.45. The summed E-state index contributed by atoms with van der Waals surface area (Å²) >= 11 is 0. The van der Waals surface area contributed by atoms with Crippen molar-refractivity contribution in [1.29, 1.82) is 0 Å². The summed E-state index contributed by atoms with van der Waals surface area (Å²) in [6, 6.07) is 14.4. The van der Waals surface area contributed by atoms with Crippen LogP contribution in [0, 0.1) is 0 Å². The van der Waals surface area contributed by atoms with Gasteiger partial charge in [0.25, 0.3) is 5.91 Å². The van der Waals surface area contributed by atoms with Crippen molar-refractivity contribution in [3.8, 4) is 5.75 Å². The molecule has 1 N–H and O–H groups in total. The Morgan fingerprint density at radius 3 is 2.61 bits per heavy atom. The van der Waals surface area contributed by atoms with Crippen LogP contribution in [0.2, 0.25) is 0 Å². The number of carbonyl (C=O) groups is 1. The van der Waals surface area contributed by atoms with Crippen molar-refractivity contribution in [2.75, 3.05) is 44.7 Å². The molecule has 0 bridgehead atoms. The monoisotopic (exact) mass is 421 g/mol. The van der Waals surface area contributed by atoms with E-state index in [0.717, 1.165) is 70.6 Å². The van der Waals surface area contributed by atoms with E-state index in [4.69, 9.17) is 4.74 Å². The number of amides is 1. The van der Waals surface area contributed by atoms with Gasteiger partial charge in [-0.05, 0) is 74.2 Å². The second-order valence-corrected chi connectivity index (χ2v) is 8.84. The maximum Gasteiger partial charge on any atom is 0.251 e. The van der Waals surface area contributed by atoms with Crippen molar-refractivity contribution in [3.63, 3.8) is 0 Å². The molecule has 1 heterocycles. The average Bonchev–Trinajstić information content (AvgIpc) is 2.80. The Bertz CT molecular complexity index is 873. The van der Waals surface area contributed by atoms with Gasteiger partial charge in [0.1, 0.15) is 5.75 Å². The van der Waals surface area contributed by atoms with Crippen LogP contribution in [0.3, 0.4) is 0 Å². The zero-order valence-electron chi connectivity index (χ0n) is 18.9. The van der Waals surface area contributed by atoms with Crippen LogP contribution in [-0.2, 0) is 12.8 Å². The van der Waals surface area contributed by atoms with Crippen molar-refractivity contribution < 1.29 is 9.53 Å². The maximum absolute atomic E-state index is 12.9. The molecule has 5 nitrogen and oxygen atoms in total. The Labute approximate surface area is 186 Å². The van der Waals surface area contributed by atoms with Crippen molar-refractivity contribution in [2.24, 2.45) is 0 Å². The van der Waals surface area contributed by atoms with Crippen molar-refractivity contribution in [3.05, 3.63) is 59.2 Å². The Hall–Kier alpha value is -2.53. The predicted molar refractivity (Wildman–Crippen MR) is 126 cm³/mol. The van der Waals surface area contributed by atoms with Crippen molar-refractivity contribution >= 4 is 11.6 Å². The molecule has 2 aromatic rings. The lowest BCUT2D eigenvalue weighted by atomic mass is 9.86. The molecule has 1 saturated heterocycles. The number of nitrogens with zero attached hydrogens (tertiary/aromatic N) is 2. The lowest BCUT2D eigenvalue weighted by Gasteiger charge is -2.37. The summed E-state index contributed by atoms with van der Waals surface area (Å²) in [5.74, 6) is 0.832. The maximum atomic E-state index is 12.9. The first kappa shape index (κ1) is 21.7. The summed E-state index contributed by atoms with van der Waals surface area (Å²) in [7, 11) is 2.19. The number of benzene rings is 2. The van der Waals surface area contributed by atoms with Crippen LogP contribution < -0.4 is 15.0 Å². The number of hydrogen-bond acceptors (Lipinski definition) is 4. The second-order valence-electron chi connectivity index (χ2n) is 8.84. The van der Waals surface area contributed by atoms with Crippen molar-refractivity contribution in [2.45, 2.75) is 45.1 Å². The number of piperazine rings is 1. The highest BCUT2D eigenvalue weighted by molar-refractivity contribution is 5.94. The number of likely N-dealkylation sites (N-methyl/N-ethyl adjacent to an activating group) is 1. The summed E-state index contributed by atoms with van der Waals surface area (Å²) < 4.78 is 5.71. The molecule has 1 amide bonds. The van der Waals surface area contributed by atoms with Gasteiger partial charge in [-0.3, -0.25) is 4.79 Å². The molecule has 1 atom stereocenters. The van der Waals surface area contributed by atoms with Gasteiger partial charge in [-0.2, -0.15) is 0 Å². The fourth-order valence-electron chi connectivity index (χ4n) is 4.54. The van der Waals surface area contributed by atoms with Gasteiger partial charge in [0.15, 0.2) is 0 Å². The van der Waals surface area contributed by atoms with Gasteiger partial charge in [0.05, 0.1) is 6.61 Å². The van der Waals surface area contributed by atoms with E-state index in [9.17, 15) is 4.79 Å². The molecule has 5 heteroatoms. The molecule has 0 aromatic heterocycles. The first-order valence-corrected chi connectivity index (χ1v) is 11.7. The van der Waals surface area contributed by atoms with Gasteiger partial charge in [-0.1, -0.05) is 25.5 Å². The highest BCUT2D eigenvalue weighted by atomic mass is 16.5. The third kappa shape index (κ3) is 5.40. The third-order valence-electron chi connectivity index (χ3n) is 6.52. The smallest absolute Gasteiger partial charge is 0.251 e. The summed E-state index contributed by atoms with van der Waals surface area (Å²) in [5.41, 5.74) is 4.91. The van der Waals surface area contributed by atoms with Gasteiger partial charge in [0, 0.05) is 43.5 Å². The molecule has 0 spiro atoms. The summed E-state index contributed by atoms with van der Waals surface area (Å²) in [6.45, 7) is 7.20. The van der Waals surface area contributed by atoms with Gasteiger partial charge < -0.3 is 19.9 Å². The Balaban J connectivity index is 1.39. The van der Waals surface area contributed by atoms with E-state index in [1.807, 2.05) is 24.3 Å². The van der Waals surface area contributed by atoms with Crippen LogP contribution in [0.15, 0.2) is 42.5 Å². The minimum atomic E-state index is 0.00522. The molecule has 0 saturated carbocycles. The van der Waals surface area contributed by atoms with Gasteiger partial charge in [0.2, 0.25) is 0 Å². The second kappa shape index (κ2) is 10.2. The van der Waals surface area contributed by atoms with Crippen LogP contribution in [-0.4, -0.2) is 56.7 Å². The van der Waals surface area contributed by atoms with Crippen LogP contribution in [0.1, 0.15) is 47.7 Å². The molecule has 0 radical (unpaired) electrons. The molecule has 0 unspecified atom stereocenters. The first-order valence-electron chi connectivity index (χ1n) is 11.7. The largest absolute Gasteiger partial charge is 0.494 e. The number of ether oxygens (including phenoxy) is 1.